The molecular formula is C12H13F3O2. The summed E-state index contributed by atoms with van der Waals surface area (Å²) in [5, 5.41) is 8.99. The van der Waals surface area contributed by atoms with Gasteiger partial charge in [-0.25, -0.2) is 0 Å². The van der Waals surface area contributed by atoms with Crippen molar-refractivity contribution in [3.05, 3.63) is 29.8 Å². The zero-order valence-corrected chi connectivity index (χ0v) is 9.24. The Kier molecular flexibility index (Phi) is 3.03. The summed E-state index contributed by atoms with van der Waals surface area (Å²) in [6.07, 6.45) is -5.00. The first-order chi connectivity index (χ1) is 7.95. The van der Waals surface area contributed by atoms with E-state index < -0.39 is 30.7 Å². The molecule has 0 radical (unpaired) electrons. The van der Waals surface area contributed by atoms with Crippen LogP contribution < -0.4 is 4.74 Å². The maximum atomic E-state index is 12.8. The number of aliphatic hydroxyl groups is 1. The van der Waals surface area contributed by atoms with Gasteiger partial charge in [0, 0.05) is 11.5 Å². The molecule has 2 rings (SSSR count). The molecule has 1 aromatic carbocycles. The van der Waals surface area contributed by atoms with Crippen LogP contribution in [-0.2, 0) is 0 Å². The van der Waals surface area contributed by atoms with Gasteiger partial charge < -0.3 is 9.84 Å². The quantitative estimate of drug-likeness (QED) is 0.869. The second kappa shape index (κ2) is 4.22. The lowest BCUT2D eigenvalue weighted by Crippen LogP contribution is -2.36. The summed E-state index contributed by atoms with van der Waals surface area (Å²) >= 11 is 0. The zero-order chi connectivity index (χ0) is 12.6. The maximum absolute atomic E-state index is 12.8. The van der Waals surface area contributed by atoms with Gasteiger partial charge in [0.25, 0.3) is 0 Å². The van der Waals surface area contributed by atoms with Crippen LogP contribution in [0.15, 0.2) is 24.3 Å². The number of hydrogen-bond acceptors (Lipinski definition) is 2. The van der Waals surface area contributed by atoms with E-state index in [0.717, 1.165) is 0 Å². The van der Waals surface area contributed by atoms with E-state index in [4.69, 9.17) is 9.84 Å². The molecular weight excluding hydrogens is 233 g/mol. The Labute approximate surface area is 97.0 Å². The van der Waals surface area contributed by atoms with Crippen molar-refractivity contribution in [2.75, 3.05) is 6.61 Å². The van der Waals surface area contributed by atoms with E-state index >= 15 is 0 Å². The Bertz CT molecular complexity index is 403. The van der Waals surface area contributed by atoms with Gasteiger partial charge in [-0.15, -0.1) is 0 Å². The predicted molar refractivity (Wildman–Crippen MR) is 55.9 cm³/mol. The molecule has 0 bridgehead atoms. The molecule has 17 heavy (non-hydrogen) atoms. The highest BCUT2D eigenvalue weighted by molar-refractivity contribution is 5.41. The molecule has 3 atom stereocenters. The average molecular weight is 246 g/mol. The third kappa shape index (κ3) is 2.11. The number of hydrogen-bond donors (Lipinski definition) is 1. The normalized spacial score (nSPS) is 25.2. The topological polar surface area (TPSA) is 29.5 Å². The second-order valence-corrected chi connectivity index (χ2v) is 4.22. The van der Waals surface area contributed by atoms with E-state index in [2.05, 4.69) is 0 Å². The van der Waals surface area contributed by atoms with Gasteiger partial charge in [-0.2, -0.15) is 13.2 Å². The molecule has 1 aromatic rings. The van der Waals surface area contributed by atoms with Crippen LogP contribution in [0.2, 0.25) is 0 Å². The summed E-state index contributed by atoms with van der Waals surface area (Å²) in [5.74, 6) is -2.13. The summed E-state index contributed by atoms with van der Waals surface area (Å²) in [4.78, 5) is 0. The van der Waals surface area contributed by atoms with Crippen molar-refractivity contribution in [2.45, 2.75) is 25.1 Å². The van der Waals surface area contributed by atoms with Gasteiger partial charge in [-0.05, 0) is 13.0 Å². The number of rotatable bonds is 2. The van der Waals surface area contributed by atoms with Gasteiger partial charge >= 0.3 is 6.18 Å². The van der Waals surface area contributed by atoms with Crippen LogP contribution in [0.25, 0.3) is 0 Å². The van der Waals surface area contributed by atoms with E-state index in [1.54, 1.807) is 31.2 Å². The maximum Gasteiger partial charge on any atom is 0.394 e. The number of benzene rings is 1. The molecule has 2 nitrogen and oxygen atoms in total. The molecule has 3 unspecified atom stereocenters. The highest BCUT2D eigenvalue weighted by Crippen LogP contribution is 2.47. The van der Waals surface area contributed by atoms with Crippen LogP contribution in [0, 0.1) is 5.92 Å². The molecule has 0 saturated heterocycles. The smallest absolute Gasteiger partial charge is 0.394 e. The standard InChI is InChI=1S/C12H13F3O2/c1-7-11(9(6-16)12(13,14)15)8-4-2-3-5-10(8)17-7/h2-5,7,9,11,16H,6H2,1H3. The van der Waals surface area contributed by atoms with E-state index in [9.17, 15) is 13.2 Å². The Balaban J connectivity index is 2.38. The van der Waals surface area contributed by atoms with Gasteiger partial charge in [0.15, 0.2) is 0 Å². The predicted octanol–water partition coefficient (Wildman–Crippen LogP) is 2.72. The monoisotopic (exact) mass is 246 g/mol. The number of alkyl halides is 3. The number of para-hydroxylation sites is 1. The molecule has 1 heterocycles. The molecule has 0 saturated carbocycles. The summed E-state index contributed by atoms with van der Waals surface area (Å²) in [5.41, 5.74) is 0.524. The van der Waals surface area contributed by atoms with Crippen molar-refractivity contribution in [3.8, 4) is 5.75 Å². The van der Waals surface area contributed by atoms with Crippen molar-refractivity contribution >= 4 is 0 Å². The van der Waals surface area contributed by atoms with Gasteiger partial charge in [0.1, 0.15) is 11.9 Å². The van der Waals surface area contributed by atoms with Crippen LogP contribution in [0.3, 0.4) is 0 Å². The van der Waals surface area contributed by atoms with Crippen molar-refractivity contribution in [2.24, 2.45) is 5.92 Å². The summed E-state index contributed by atoms with van der Waals surface area (Å²) < 4.78 is 43.9. The highest BCUT2D eigenvalue weighted by Gasteiger charge is 2.50. The van der Waals surface area contributed by atoms with Crippen molar-refractivity contribution in [1.29, 1.82) is 0 Å². The van der Waals surface area contributed by atoms with Gasteiger partial charge in [-0.1, -0.05) is 18.2 Å². The Hall–Kier alpha value is -1.23. The van der Waals surface area contributed by atoms with Crippen molar-refractivity contribution in [1.82, 2.24) is 0 Å². The largest absolute Gasteiger partial charge is 0.490 e. The molecule has 0 fully saturated rings. The van der Waals surface area contributed by atoms with Gasteiger partial charge in [0.2, 0.25) is 0 Å². The third-order valence-corrected chi connectivity index (χ3v) is 3.15. The molecule has 94 valence electrons. The molecule has 1 aliphatic rings. The molecule has 0 aliphatic carbocycles. The Morgan fingerprint density at radius 2 is 2.00 bits per heavy atom. The lowest BCUT2D eigenvalue weighted by atomic mass is 9.83. The number of fused-ring (bicyclic) bond motifs is 1. The van der Waals surface area contributed by atoms with Crippen LogP contribution in [0.1, 0.15) is 18.4 Å². The minimum Gasteiger partial charge on any atom is -0.490 e. The summed E-state index contributed by atoms with van der Waals surface area (Å²) in [6.45, 7) is 0.676. The van der Waals surface area contributed by atoms with Crippen LogP contribution in [-0.4, -0.2) is 24.0 Å². The van der Waals surface area contributed by atoms with E-state index in [-0.39, 0.29) is 0 Å². The summed E-state index contributed by atoms with van der Waals surface area (Å²) in [6, 6.07) is 6.67. The van der Waals surface area contributed by atoms with Crippen molar-refractivity contribution in [3.63, 3.8) is 0 Å². The first-order valence-electron chi connectivity index (χ1n) is 5.38. The van der Waals surface area contributed by atoms with E-state index in [1.807, 2.05) is 0 Å². The van der Waals surface area contributed by atoms with Gasteiger partial charge in [0.05, 0.1) is 12.5 Å². The zero-order valence-electron chi connectivity index (χ0n) is 9.24. The van der Waals surface area contributed by atoms with Crippen LogP contribution in [0.5, 0.6) is 5.75 Å². The Morgan fingerprint density at radius 3 is 2.59 bits per heavy atom. The van der Waals surface area contributed by atoms with Crippen molar-refractivity contribution < 1.29 is 23.0 Å². The average Bonchev–Trinajstić information content (AvgIpc) is 2.55. The Morgan fingerprint density at radius 1 is 1.35 bits per heavy atom. The second-order valence-electron chi connectivity index (χ2n) is 4.22. The minimum absolute atomic E-state index is 0.479. The number of halogens is 3. The van der Waals surface area contributed by atoms with Crippen LogP contribution in [0.4, 0.5) is 13.2 Å². The molecule has 0 spiro atoms. The fraction of sp³-hybridized carbons (Fsp3) is 0.500. The number of aliphatic hydroxyl groups excluding tert-OH is 1. The molecule has 0 aromatic heterocycles. The highest BCUT2D eigenvalue weighted by atomic mass is 19.4. The van der Waals surface area contributed by atoms with Gasteiger partial charge in [-0.3, -0.25) is 0 Å². The first kappa shape index (κ1) is 12.2. The number of ether oxygens (including phenoxy) is 1. The first-order valence-corrected chi connectivity index (χ1v) is 5.38. The summed E-state index contributed by atoms with van der Waals surface area (Å²) in [7, 11) is 0. The molecule has 1 aliphatic heterocycles. The molecule has 5 heteroatoms. The van der Waals surface area contributed by atoms with E-state index in [1.165, 1.54) is 0 Å². The van der Waals surface area contributed by atoms with E-state index in [0.29, 0.717) is 11.3 Å². The SMILES string of the molecule is CC1Oc2ccccc2C1C(CO)C(F)(F)F. The lowest BCUT2D eigenvalue weighted by Gasteiger charge is -2.26. The van der Waals surface area contributed by atoms with Crippen LogP contribution >= 0.6 is 0 Å². The lowest BCUT2D eigenvalue weighted by molar-refractivity contribution is -0.193. The third-order valence-electron chi connectivity index (χ3n) is 3.15. The molecule has 1 N–H and O–H groups in total. The fourth-order valence-corrected chi connectivity index (χ4v) is 2.35. The minimum atomic E-state index is -4.42. The fourth-order valence-electron chi connectivity index (χ4n) is 2.35. The molecule has 0 amide bonds.